The van der Waals surface area contributed by atoms with Crippen LogP contribution in [-0.4, -0.2) is 9.97 Å². The minimum Gasteiger partial charge on any atom is -0.380 e. The van der Waals surface area contributed by atoms with Gasteiger partial charge in [0.05, 0.1) is 11.9 Å². The monoisotopic (exact) mass is 291 g/mol. The first-order valence-corrected chi connectivity index (χ1v) is 6.59. The molecule has 0 aliphatic rings. The molecule has 3 rings (SSSR count). The van der Waals surface area contributed by atoms with Crippen molar-refractivity contribution in [3.05, 3.63) is 58.5 Å². The van der Waals surface area contributed by atoms with Crippen LogP contribution in [0.2, 0.25) is 10.2 Å². The molecule has 0 radical (unpaired) electrons. The molecule has 3 aromatic rings. The Hall–Kier alpha value is -1.71. The molecule has 0 saturated heterocycles. The number of nitrogens with one attached hydrogen (secondary N) is 2. The summed E-state index contributed by atoms with van der Waals surface area (Å²) in [6.07, 6.45) is 3.70. The number of rotatable bonds is 3. The van der Waals surface area contributed by atoms with Crippen molar-refractivity contribution in [1.82, 2.24) is 9.97 Å². The molecule has 3 nitrogen and oxygen atoms in total. The highest BCUT2D eigenvalue weighted by atomic mass is 35.5. The van der Waals surface area contributed by atoms with Crippen molar-refractivity contribution in [1.29, 1.82) is 0 Å². The first kappa shape index (κ1) is 12.3. The maximum atomic E-state index is 5.96. The van der Waals surface area contributed by atoms with E-state index in [4.69, 9.17) is 23.2 Å². The lowest BCUT2D eigenvalue weighted by molar-refractivity contribution is 1.15. The molecule has 0 aliphatic heterocycles. The van der Waals surface area contributed by atoms with Crippen LogP contribution in [0, 0.1) is 0 Å². The van der Waals surface area contributed by atoms with Gasteiger partial charge in [0.15, 0.2) is 0 Å². The van der Waals surface area contributed by atoms with Gasteiger partial charge in [-0.05, 0) is 29.8 Å². The van der Waals surface area contributed by atoms with Gasteiger partial charge in [-0.3, -0.25) is 0 Å². The van der Waals surface area contributed by atoms with Crippen LogP contribution >= 0.6 is 23.2 Å². The Morgan fingerprint density at radius 3 is 2.84 bits per heavy atom. The van der Waals surface area contributed by atoms with Crippen molar-refractivity contribution in [2.24, 2.45) is 0 Å². The third-order valence-electron chi connectivity index (χ3n) is 2.94. The number of anilines is 1. The molecule has 0 amide bonds. The Labute approximate surface area is 120 Å². The Morgan fingerprint density at radius 2 is 2.05 bits per heavy atom. The minimum atomic E-state index is 0.493. The first-order valence-electron chi connectivity index (χ1n) is 5.83. The van der Waals surface area contributed by atoms with E-state index in [9.17, 15) is 0 Å². The molecule has 0 aliphatic carbocycles. The van der Waals surface area contributed by atoms with Crippen molar-refractivity contribution in [2.75, 3.05) is 5.32 Å². The predicted molar refractivity (Wildman–Crippen MR) is 79.9 cm³/mol. The molecule has 0 spiro atoms. The lowest BCUT2D eigenvalue weighted by atomic mass is 10.2. The van der Waals surface area contributed by atoms with Crippen LogP contribution in [0.4, 0.5) is 5.69 Å². The maximum Gasteiger partial charge on any atom is 0.129 e. The van der Waals surface area contributed by atoms with E-state index in [1.165, 1.54) is 10.9 Å². The Bertz CT molecular complexity index is 704. The van der Waals surface area contributed by atoms with Gasteiger partial charge in [0.25, 0.3) is 0 Å². The lowest BCUT2D eigenvalue weighted by Crippen LogP contribution is -1.98. The van der Waals surface area contributed by atoms with Crippen molar-refractivity contribution in [3.8, 4) is 0 Å². The predicted octanol–water partition coefficient (Wildman–Crippen LogP) is 4.48. The van der Waals surface area contributed by atoms with Gasteiger partial charge < -0.3 is 10.3 Å². The standard InChI is InChI=1S/C14H11Cl2N3/c15-10-1-3-12-9(7-18-13(12)5-10)6-17-11-2-4-14(16)19-8-11/h1-5,7-8,17-18H,6H2. The second kappa shape index (κ2) is 5.11. The number of hydrogen-bond donors (Lipinski definition) is 2. The number of benzene rings is 1. The molecule has 96 valence electrons. The summed E-state index contributed by atoms with van der Waals surface area (Å²) in [5.41, 5.74) is 3.16. The van der Waals surface area contributed by atoms with E-state index in [1.807, 2.05) is 30.5 Å². The van der Waals surface area contributed by atoms with Crippen LogP contribution in [-0.2, 0) is 6.54 Å². The molecule has 0 saturated carbocycles. The van der Waals surface area contributed by atoms with Crippen LogP contribution in [0.1, 0.15) is 5.56 Å². The zero-order valence-corrected chi connectivity index (χ0v) is 11.5. The van der Waals surface area contributed by atoms with Crippen LogP contribution in [0.15, 0.2) is 42.7 Å². The van der Waals surface area contributed by atoms with Gasteiger partial charge in [0.2, 0.25) is 0 Å². The zero-order chi connectivity index (χ0) is 13.2. The van der Waals surface area contributed by atoms with E-state index in [2.05, 4.69) is 15.3 Å². The molecule has 2 heterocycles. The Kier molecular flexibility index (Phi) is 3.32. The van der Waals surface area contributed by atoms with Crippen LogP contribution in [0.5, 0.6) is 0 Å². The summed E-state index contributed by atoms with van der Waals surface area (Å²) in [6.45, 7) is 0.713. The van der Waals surface area contributed by atoms with Crippen molar-refractivity contribution in [2.45, 2.75) is 6.54 Å². The van der Waals surface area contributed by atoms with Gasteiger partial charge in [0, 0.05) is 28.7 Å². The van der Waals surface area contributed by atoms with E-state index >= 15 is 0 Å². The molecule has 2 aromatic heterocycles. The van der Waals surface area contributed by atoms with Crippen molar-refractivity contribution < 1.29 is 0 Å². The lowest BCUT2D eigenvalue weighted by Gasteiger charge is -2.05. The van der Waals surface area contributed by atoms with Crippen LogP contribution < -0.4 is 5.32 Å². The summed E-state index contributed by atoms with van der Waals surface area (Å²) in [7, 11) is 0. The van der Waals surface area contributed by atoms with Crippen molar-refractivity contribution in [3.63, 3.8) is 0 Å². The number of pyridine rings is 1. The Morgan fingerprint density at radius 1 is 1.16 bits per heavy atom. The molecule has 1 aromatic carbocycles. The van der Waals surface area contributed by atoms with E-state index in [-0.39, 0.29) is 0 Å². The molecule has 0 unspecified atom stereocenters. The average molecular weight is 292 g/mol. The minimum absolute atomic E-state index is 0.493. The van der Waals surface area contributed by atoms with Crippen LogP contribution in [0.3, 0.4) is 0 Å². The Balaban J connectivity index is 1.80. The highest BCUT2D eigenvalue weighted by Crippen LogP contribution is 2.22. The number of nitrogens with zero attached hydrogens (tertiary/aromatic N) is 1. The fraction of sp³-hybridized carbons (Fsp3) is 0.0714. The number of halogens is 2. The molecule has 5 heteroatoms. The van der Waals surface area contributed by atoms with Gasteiger partial charge in [-0.15, -0.1) is 0 Å². The number of fused-ring (bicyclic) bond motifs is 1. The topological polar surface area (TPSA) is 40.7 Å². The second-order valence-electron chi connectivity index (χ2n) is 4.23. The van der Waals surface area contributed by atoms with E-state index in [0.29, 0.717) is 11.7 Å². The molecular formula is C14H11Cl2N3. The highest BCUT2D eigenvalue weighted by molar-refractivity contribution is 6.31. The third-order valence-corrected chi connectivity index (χ3v) is 3.40. The number of H-pyrrole nitrogens is 1. The van der Waals surface area contributed by atoms with Gasteiger partial charge >= 0.3 is 0 Å². The summed E-state index contributed by atoms with van der Waals surface area (Å²) >= 11 is 11.7. The summed E-state index contributed by atoms with van der Waals surface area (Å²) < 4.78 is 0. The fourth-order valence-electron chi connectivity index (χ4n) is 1.98. The number of aromatic nitrogens is 2. The maximum absolute atomic E-state index is 5.96. The normalized spacial score (nSPS) is 10.8. The average Bonchev–Trinajstić information content (AvgIpc) is 2.80. The number of aromatic amines is 1. The quantitative estimate of drug-likeness (QED) is 0.699. The zero-order valence-electron chi connectivity index (χ0n) is 9.95. The van der Waals surface area contributed by atoms with Crippen LogP contribution in [0.25, 0.3) is 10.9 Å². The summed E-state index contributed by atoms with van der Waals surface area (Å²) in [4.78, 5) is 7.24. The second-order valence-corrected chi connectivity index (χ2v) is 5.05. The summed E-state index contributed by atoms with van der Waals surface area (Å²) in [5, 5.41) is 5.70. The highest BCUT2D eigenvalue weighted by Gasteiger charge is 2.04. The van der Waals surface area contributed by atoms with E-state index in [1.54, 1.807) is 12.3 Å². The smallest absolute Gasteiger partial charge is 0.129 e. The van der Waals surface area contributed by atoms with Gasteiger partial charge in [-0.25, -0.2) is 4.98 Å². The first-order chi connectivity index (χ1) is 9.22. The van der Waals surface area contributed by atoms with E-state index < -0.39 is 0 Å². The molecule has 0 fully saturated rings. The summed E-state index contributed by atoms with van der Waals surface area (Å²) in [5.74, 6) is 0. The fourth-order valence-corrected chi connectivity index (χ4v) is 2.27. The van der Waals surface area contributed by atoms with Crippen molar-refractivity contribution >= 4 is 39.8 Å². The van der Waals surface area contributed by atoms with Gasteiger partial charge in [0.1, 0.15) is 5.15 Å². The molecule has 0 bridgehead atoms. The largest absolute Gasteiger partial charge is 0.380 e. The third kappa shape index (κ3) is 2.67. The molecule has 0 atom stereocenters. The molecule has 2 N–H and O–H groups in total. The van der Waals surface area contributed by atoms with Gasteiger partial charge in [-0.2, -0.15) is 0 Å². The molecular weight excluding hydrogens is 281 g/mol. The SMILES string of the molecule is Clc1ccc2c(CNc3ccc(Cl)nc3)c[nH]c2c1. The van der Waals surface area contributed by atoms with Gasteiger partial charge in [-0.1, -0.05) is 29.3 Å². The van der Waals surface area contributed by atoms with E-state index in [0.717, 1.165) is 16.2 Å². The summed E-state index contributed by atoms with van der Waals surface area (Å²) in [6, 6.07) is 9.50. The number of hydrogen-bond acceptors (Lipinski definition) is 2. The molecule has 19 heavy (non-hydrogen) atoms.